The first-order valence-corrected chi connectivity index (χ1v) is 17.2. The third-order valence-corrected chi connectivity index (χ3v) is 10.3. The summed E-state index contributed by atoms with van der Waals surface area (Å²) in [6, 6.07) is -4.01. The van der Waals surface area contributed by atoms with Gasteiger partial charge in [0.15, 0.2) is 25.2 Å². The Balaban J connectivity index is 1.26. The van der Waals surface area contributed by atoms with Gasteiger partial charge in [0.1, 0.15) is 79.4 Å². The topological polar surface area (TPSA) is 406 Å². The highest BCUT2D eigenvalue weighted by Gasteiger charge is 2.55. The van der Waals surface area contributed by atoms with Crippen LogP contribution < -0.4 is 28.7 Å². The molecule has 0 unspecified atom stereocenters. The summed E-state index contributed by atoms with van der Waals surface area (Å²) in [5, 5.41) is 104. The van der Waals surface area contributed by atoms with E-state index >= 15 is 0 Å². The molecule has 23 heteroatoms. The van der Waals surface area contributed by atoms with E-state index in [2.05, 4.69) is 0 Å². The molecule has 1 saturated carbocycles. The molecule has 4 saturated heterocycles. The minimum atomic E-state index is -1.80. The van der Waals surface area contributed by atoms with E-state index in [1.165, 1.54) is 0 Å². The highest BCUT2D eigenvalue weighted by molar-refractivity contribution is 5.02. The van der Waals surface area contributed by atoms with Crippen molar-refractivity contribution in [3.63, 3.8) is 0 Å². The maximum Gasteiger partial charge on any atom is 0.187 e. The fourth-order valence-electron chi connectivity index (χ4n) is 7.16. The summed E-state index contributed by atoms with van der Waals surface area (Å²) in [5.74, 6) is 0. The Kier molecular flexibility index (Phi) is 14.5. The fourth-order valence-corrected chi connectivity index (χ4v) is 7.16. The monoisotopic (exact) mass is 761 g/mol. The third-order valence-electron chi connectivity index (χ3n) is 10.3. The zero-order valence-electron chi connectivity index (χ0n) is 28.1. The molecule has 23 atom stereocenters. The molecule has 0 spiro atoms. The van der Waals surface area contributed by atoms with Crippen molar-refractivity contribution in [3.05, 3.63) is 0 Å². The Morgan fingerprint density at radius 1 is 0.442 bits per heavy atom. The fraction of sp³-hybridized carbons (Fsp3) is 1.00. The molecule has 5 aliphatic rings. The van der Waals surface area contributed by atoms with Crippen molar-refractivity contribution in [3.8, 4) is 0 Å². The smallest absolute Gasteiger partial charge is 0.187 e. The van der Waals surface area contributed by atoms with E-state index in [0.29, 0.717) is 0 Å². The molecule has 20 N–H and O–H groups in total. The average molecular weight is 762 g/mol. The SMILES string of the molecule is NC[C@@H]1O[C@H](O[C@H]2[C@@H](O)[C@@H](O[C@@H]3[C@H](O)[C@H](N)C[C@H](N)[C@@H]3O[C@@H]3O[C@@H](CO)[C@H](O)C[C@@H]3N)O[C@H]2CO)[C@H](N)[C@H](O)[C@H]1O[C@H]1O[C@@H](CO)[C@H](O)[C@@H](O)[C@@H]1O. The minimum Gasteiger partial charge on any atom is -0.394 e. The Hall–Kier alpha value is -0.920. The van der Waals surface area contributed by atoms with E-state index in [4.69, 9.17) is 66.6 Å². The van der Waals surface area contributed by atoms with Crippen LogP contribution in [0.15, 0.2) is 0 Å². The van der Waals surface area contributed by atoms with Crippen LogP contribution in [0.25, 0.3) is 0 Å². The molecule has 5 fully saturated rings. The van der Waals surface area contributed by atoms with Crippen molar-refractivity contribution >= 4 is 0 Å². The van der Waals surface area contributed by atoms with Crippen LogP contribution in [0.5, 0.6) is 0 Å². The first-order chi connectivity index (χ1) is 24.6. The van der Waals surface area contributed by atoms with Gasteiger partial charge in [0.2, 0.25) is 0 Å². The zero-order valence-corrected chi connectivity index (χ0v) is 28.1. The molecule has 4 aliphatic heterocycles. The maximum absolute atomic E-state index is 11.4. The van der Waals surface area contributed by atoms with Gasteiger partial charge < -0.3 is 118 Å². The standard InChI is InChI=1S/C29H55N5O18/c30-3-11-23(51-28-20(43)19(42)17(40)13(5-36)47-28)18(41)15(34)27(45-11)50-24-14(6-37)48-29(21(24)44)52-25-16(39)7(31)1-8(32)22(25)49-26-9(33)2-10(38)12(4-35)46-26/h7-29,35-44H,1-6,30-34H2/t7-,8+,9+,10-,11+,12+,13+,14+,15-,16-,17+,18+,19-,20+,21-,22+,23+,24-,25-,26+,27-,28-,29-/m1/s1. The van der Waals surface area contributed by atoms with Gasteiger partial charge in [0.05, 0.1) is 44.1 Å². The second-order valence-corrected chi connectivity index (χ2v) is 13.9. The van der Waals surface area contributed by atoms with Crippen LogP contribution in [-0.2, 0) is 37.9 Å². The van der Waals surface area contributed by atoms with E-state index in [1.807, 2.05) is 0 Å². The third kappa shape index (κ3) is 8.57. The van der Waals surface area contributed by atoms with Gasteiger partial charge in [0, 0.05) is 18.6 Å². The van der Waals surface area contributed by atoms with Crippen LogP contribution in [0.3, 0.4) is 0 Å². The van der Waals surface area contributed by atoms with Crippen LogP contribution in [-0.4, -0.2) is 218 Å². The molecule has 5 rings (SSSR count). The summed E-state index contributed by atoms with van der Waals surface area (Å²) in [6.07, 6.45) is -26.9. The summed E-state index contributed by atoms with van der Waals surface area (Å²) in [4.78, 5) is 0. The number of aliphatic hydroxyl groups is 10. The lowest BCUT2D eigenvalue weighted by atomic mass is 9.84. The largest absolute Gasteiger partial charge is 0.394 e. The number of hydrogen-bond acceptors (Lipinski definition) is 23. The van der Waals surface area contributed by atoms with Crippen molar-refractivity contribution in [2.24, 2.45) is 28.7 Å². The minimum absolute atomic E-state index is 0.0266. The average Bonchev–Trinajstić information content (AvgIpc) is 3.41. The Morgan fingerprint density at radius 2 is 0.962 bits per heavy atom. The number of nitrogens with two attached hydrogens (primary N) is 5. The summed E-state index contributed by atoms with van der Waals surface area (Å²) >= 11 is 0. The molecule has 0 radical (unpaired) electrons. The lowest BCUT2D eigenvalue weighted by Crippen LogP contribution is -2.67. The van der Waals surface area contributed by atoms with Crippen LogP contribution in [0.4, 0.5) is 0 Å². The molecule has 23 nitrogen and oxygen atoms in total. The summed E-state index contributed by atoms with van der Waals surface area (Å²) in [6.45, 7) is -2.26. The number of hydrogen-bond donors (Lipinski definition) is 15. The van der Waals surface area contributed by atoms with E-state index < -0.39 is 161 Å². The lowest BCUT2D eigenvalue weighted by Gasteiger charge is -2.47. The normalized spacial score (nSPS) is 53.2. The molecule has 1 aliphatic carbocycles. The molecule has 52 heavy (non-hydrogen) atoms. The summed E-state index contributed by atoms with van der Waals surface area (Å²) in [5.41, 5.74) is 30.8. The van der Waals surface area contributed by atoms with Crippen LogP contribution >= 0.6 is 0 Å². The molecular formula is C29H55N5O18. The van der Waals surface area contributed by atoms with Gasteiger partial charge in [-0.2, -0.15) is 0 Å². The maximum atomic E-state index is 11.4. The first kappa shape index (κ1) is 42.2. The number of aliphatic hydroxyl groups excluding tert-OH is 10. The quantitative estimate of drug-likeness (QED) is 0.0877. The predicted octanol–water partition coefficient (Wildman–Crippen LogP) is -10.0. The van der Waals surface area contributed by atoms with Gasteiger partial charge in [-0.15, -0.1) is 0 Å². The van der Waals surface area contributed by atoms with Crippen LogP contribution in [0.1, 0.15) is 12.8 Å². The van der Waals surface area contributed by atoms with Gasteiger partial charge in [-0.25, -0.2) is 0 Å². The van der Waals surface area contributed by atoms with E-state index in [9.17, 15) is 51.1 Å². The van der Waals surface area contributed by atoms with Crippen molar-refractivity contribution < 1.29 is 89.0 Å². The molecule has 304 valence electrons. The molecule has 4 heterocycles. The summed E-state index contributed by atoms with van der Waals surface area (Å²) < 4.78 is 46.4. The van der Waals surface area contributed by atoms with E-state index in [1.54, 1.807) is 0 Å². The van der Waals surface area contributed by atoms with Gasteiger partial charge in [-0.05, 0) is 12.8 Å². The Labute approximate surface area is 297 Å². The second kappa shape index (κ2) is 17.9. The molecule has 0 aromatic carbocycles. The highest BCUT2D eigenvalue weighted by Crippen LogP contribution is 2.35. The van der Waals surface area contributed by atoms with Gasteiger partial charge in [0.25, 0.3) is 0 Å². The van der Waals surface area contributed by atoms with Crippen molar-refractivity contribution in [2.75, 3.05) is 26.4 Å². The highest BCUT2D eigenvalue weighted by atomic mass is 16.8. The van der Waals surface area contributed by atoms with E-state index in [0.717, 1.165) is 0 Å². The van der Waals surface area contributed by atoms with Gasteiger partial charge in [-0.3, -0.25) is 0 Å². The van der Waals surface area contributed by atoms with E-state index in [-0.39, 0.29) is 19.4 Å². The molecule has 0 aromatic heterocycles. The van der Waals surface area contributed by atoms with Gasteiger partial charge >= 0.3 is 0 Å². The first-order valence-electron chi connectivity index (χ1n) is 17.2. The number of rotatable bonds is 12. The molecule has 0 aromatic rings. The van der Waals surface area contributed by atoms with Crippen molar-refractivity contribution in [1.82, 2.24) is 0 Å². The zero-order chi connectivity index (χ0) is 38.2. The summed E-state index contributed by atoms with van der Waals surface area (Å²) in [7, 11) is 0. The number of ether oxygens (including phenoxy) is 8. The lowest BCUT2D eigenvalue weighted by molar-refractivity contribution is -0.348. The molecular weight excluding hydrogens is 706 g/mol. The van der Waals surface area contributed by atoms with Crippen molar-refractivity contribution in [2.45, 2.75) is 154 Å². The van der Waals surface area contributed by atoms with Crippen LogP contribution in [0.2, 0.25) is 0 Å². The Morgan fingerprint density at radius 3 is 1.60 bits per heavy atom. The van der Waals surface area contributed by atoms with Crippen molar-refractivity contribution in [1.29, 1.82) is 0 Å². The Bertz CT molecular complexity index is 1120. The predicted molar refractivity (Wildman–Crippen MR) is 168 cm³/mol. The van der Waals surface area contributed by atoms with Crippen LogP contribution in [0, 0.1) is 0 Å². The van der Waals surface area contributed by atoms with Gasteiger partial charge in [-0.1, -0.05) is 0 Å². The second-order valence-electron chi connectivity index (χ2n) is 13.9. The molecule has 0 bridgehead atoms. The molecule has 0 amide bonds.